The van der Waals surface area contributed by atoms with Gasteiger partial charge in [-0.15, -0.1) is 6.58 Å². The lowest BCUT2D eigenvalue weighted by molar-refractivity contribution is 0.183. The fraction of sp³-hybridized carbons (Fsp3) is 0.867. The summed E-state index contributed by atoms with van der Waals surface area (Å²) in [6, 6.07) is 1.53. The summed E-state index contributed by atoms with van der Waals surface area (Å²) >= 11 is 0. The van der Waals surface area contributed by atoms with Gasteiger partial charge in [-0.3, -0.25) is 0 Å². The molecule has 1 aliphatic carbocycles. The Balaban J connectivity index is 1.84. The van der Waals surface area contributed by atoms with Gasteiger partial charge in [0, 0.05) is 12.1 Å². The maximum absolute atomic E-state index is 3.80. The molecule has 17 heavy (non-hydrogen) atoms. The van der Waals surface area contributed by atoms with Crippen LogP contribution >= 0.6 is 0 Å². The standard InChI is InChI=1S/C15H28N2/c1-2-3-11-16-14-9-5-4-8-13(14)15-10-6-7-12-17-15/h2,13-17H,1,3-12H2. The molecule has 3 atom stereocenters. The van der Waals surface area contributed by atoms with E-state index >= 15 is 0 Å². The second-order valence-corrected chi connectivity index (χ2v) is 5.64. The van der Waals surface area contributed by atoms with E-state index in [9.17, 15) is 0 Å². The van der Waals surface area contributed by atoms with Gasteiger partial charge in [0.2, 0.25) is 0 Å². The summed E-state index contributed by atoms with van der Waals surface area (Å²) in [6.07, 6.45) is 12.9. The highest BCUT2D eigenvalue weighted by molar-refractivity contribution is 4.90. The monoisotopic (exact) mass is 236 g/mol. The number of rotatable bonds is 5. The quantitative estimate of drug-likeness (QED) is 0.566. The van der Waals surface area contributed by atoms with Gasteiger partial charge in [-0.05, 0) is 51.1 Å². The van der Waals surface area contributed by atoms with Crippen LogP contribution in [0.15, 0.2) is 12.7 Å². The molecule has 2 heteroatoms. The molecular formula is C15H28N2. The molecule has 0 aromatic carbocycles. The largest absolute Gasteiger partial charge is 0.314 e. The molecule has 2 aliphatic rings. The van der Waals surface area contributed by atoms with Gasteiger partial charge in [0.1, 0.15) is 0 Å². The van der Waals surface area contributed by atoms with Crippen molar-refractivity contribution in [2.45, 2.75) is 63.5 Å². The van der Waals surface area contributed by atoms with Crippen LogP contribution < -0.4 is 10.6 Å². The molecule has 2 N–H and O–H groups in total. The predicted molar refractivity (Wildman–Crippen MR) is 74.2 cm³/mol. The molecule has 1 saturated carbocycles. The van der Waals surface area contributed by atoms with Crippen LogP contribution in [0.4, 0.5) is 0 Å². The summed E-state index contributed by atoms with van der Waals surface area (Å²) in [5.74, 6) is 0.869. The maximum atomic E-state index is 3.80. The normalized spacial score (nSPS) is 34.5. The molecule has 1 saturated heterocycles. The van der Waals surface area contributed by atoms with Crippen LogP contribution in [0.1, 0.15) is 51.4 Å². The van der Waals surface area contributed by atoms with Crippen molar-refractivity contribution >= 4 is 0 Å². The molecule has 0 radical (unpaired) electrons. The van der Waals surface area contributed by atoms with Gasteiger partial charge in [-0.25, -0.2) is 0 Å². The SMILES string of the molecule is C=CCCNC1CCCCC1C1CCCCN1. The van der Waals surface area contributed by atoms with Gasteiger partial charge in [0.05, 0.1) is 0 Å². The van der Waals surface area contributed by atoms with Gasteiger partial charge < -0.3 is 10.6 Å². The average Bonchev–Trinajstić information content (AvgIpc) is 2.41. The van der Waals surface area contributed by atoms with E-state index in [4.69, 9.17) is 0 Å². The van der Waals surface area contributed by atoms with Crippen molar-refractivity contribution in [3.8, 4) is 0 Å². The van der Waals surface area contributed by atoms with E-state index in [1.165, 1.54) is 51.5 Å². The first-order chi connectivity index (χ1) is 8.42. The van der Waals surface area contributed by atoms with Crippen molar-refractivity contribution in [2.24, 2.45) is 5.92 Å². The molecule has 0 bridgehead atoms. The van der Waals surface area contributed by atoms with Crippen LogP contribution in [-0.4, -0.2) is 25.2 Å². The Hall–Kier alpha value is -0.340. The van der Waals surface area contributed by atoms with Crippen LogP contribution in [0.2, 0.25) is 0 Å². The summed E-state index contributed by atoms with van der Waals surface area (Å²) in [7, 11) is 0. The summed E-state index contributed by atoms with van der Waals surface area (Å²) < 4.78 is 0. The minimum Gasteiger partial charge on any atom is -0.314 e. The third-order valence-corrected chi connectivity index (χ3v) is 4.44. The first-order valence-electron chi connectivity index (χ1n) is 7.49. The Kier molecular flexibility index (Phi) is 5.53. The second-order valence-electron chi connectivity index (χ2n) is 5.64. The van der Waals surface area contributed by atoms with Gasteiger partial charge in [0.15, 0.2) is 0 Å². The zero-order chi connectivity index (χ0) is 11.9. The molecule has 98 valence electrons. The molecule has 0 spiro atoms. The van der Waals surface area contributed by atoms with Crippen molar-refractivity contribution in [3.05, 3.63) is 12.7 Å². The topological polar surface area (TPSA) is 24.1 Å². The summed E-state index contributed by atoms with van der Waals surface area (Å²) in [4.78, 5) is 0. The Morgan fingerprint density at radius 2 is 1.94 bits per heavy atom. The smallest absolute Gasteiger partial charge is 0.0110 e. The van der Waals surface area contributed by atoms with E-state index in [1.807, 2.05) is 6.08 Å². The van der Waals surface area contributed by atoms with E-state index in [1.54, 1.807) is 0 Å². The lowest BCUT2D eigenvalue weighted by Gasteiger charge is -2.40. The Morgan fingerprint density at radius 1 is 1.12 bits per heavy atom. The molecule has 2 rings (SSSR count). The van der Waals surface area contributed by atoms with Gasteiger partial charge in [-0.2, -0.15) is 0 Å². The number of hydrogen-bond donors (Lipinski definition) is 2. The molecular weight excluding hydrogens is 208 g/mol. The Morgan fingerprint density at radius 3 is 2.71 bits per heavy atom. The lowest BCUT2D eigenvalue weighted by Crippen LogP contribution is -2.50. The van der Waals surface area contributed by atoms with Gasteiger partial charge in [-0.1, -0.05) is 25.3 Å². The van der Waals surface area contributed by atoms with Crippen molar-refractivity contribution in [3.63, 3.8) is 0 Å². The molecule has 2 nitrogen and oxygen atoms in total. The third kappa shape index (κ3) is 3.82. The summed E-state index contributed by atoms with van der Waals surface area (Å²) in [5.41, 5.74) is 0. The lowest BCUT2D eigenvalue weighted by atomic mass is 9.77. The van der Waals surface area contributed by atoms with Gasteiger partial charge in [0.25, 0.3) is 0 Å². The van der Waals surface area contributed by atoms with E-state index in [0.717, 1.165) is 31.0 Å². The van der Waals surface area contributed by atoms with E-state index in [2.05, 4.69) is 17.2 Å². The molecule has 0 aromatic heterocycles. The van der Waals surface area contributed by atoms with E-state index < -0.39 is 0 Å². The maximum Gasteiger partial charge on any atom is 0.0110 e. The molecule has 0 aromatic rings. The van der Waals surface area contributed by atoms with Crippen molar-refractivity contribution < 1.29 is 0 Å². The van der Waals surface area contributed by atoms with Crippen LogP contribution in [-0.2, 0) is 0 Å². The second kappa shape index (κ2) is 7.17. The van der Waals surface area contributed by atoms with E-state index in [-0.39, 0.29) is 0 Å². The third-order valence-electron chi connectivity index (χ3n) is 4.44. The zero-order valence-electron chi connectivity index (χ0n) is 11.1. The Labute approximate surface area is 106 Å². The fourth-order valence-electron chi connectivity index (χ4n) is 3.51. The fourth-order valence-corrected chi connectivity index (χ4v) is 3.51. The van der Waals surface area contributed by atoms with Crippen molar-refractivity contribution in [2.75, 3.05) is 13.1 Å². The highest BCUT2D eigenvalue weighted by atomic mass is 15.0. The summed E-state index contributed by atoms with van der Waals surface area (Å²) in [5, 5.41) is 7.51. The molecule has 0 amide bonds. The highest BCUT2D eigenvalue weighted by Gasteiger charge is 2.31. The molecule has 1 heterocycles. The first kappa shape index (κ1) is 13.1. The highest BCUT2D eigenvalue weighted by Crippen LogP contribution is 2.30. The van der Waals surface area contributed by atoms with E-state index in [0.29, 0.717) is 0 Å². The number of nitrogens with one attached hydrogen (secondary N) is 2. The average molecular weight is 236 g/mol. The Bertz CT molecular complexity index is 221. The minimum atomic E-state index is 0.749. The number of piperidine rings is 1. The predicted octanol–water partition coefficient (Wildman–Crippen LogP) is 2.85. The van der Waals surface area contributed by atoms with Crippen LogP contribution in [0.5, 0.6) is 0 Å². The van der Waals surface area contributed by atoms with Crippen LogP contribution in [0.25, 0.3) is 0 Å². The van der Waals surface area contributed by atoms with Crippen LogP contribution in [0, 0.1) is 5.92 Å². The zero-order valence-corrected chi connectivity index (χ0v) is 11.1. The van der Waals surface area contributed by atoms with Crippen molar-refractivity contribution in [1.29, 1.82) is 0 Å². The number of hydrogen-bond acceptors (Lipinski definition) is 2. The van der Waals surface area contributed by atoms with Crippen molar-refractivity contribution in [1.82, 2.24) is 10.6 Å². The molecule has 2 fully saturated rings. The molecule has 1 aliphatic heterocycles. The molecule has 3 unspecified atom stereocenters. The van der Waals surface area contributed by atoms with Crippen LogP contribution in [0.3, 0.4) is 0 Å². The minimum absolute atomic E-state index is 0.749. The summed E-state index contributed by atoms with van der Waals surface area (Å²) in [6.45, 7) is 6.15. The first-order valence-corrected chi connectivity index (χ1v) is 7.49. The van der Waals surface area contributed by atoms with Gasteiger partial charge >= 0.3 is 0 Å².